The van der Waals surface area contributed by atoms with E-state index in [2.05, 4.69) is 69.4 Å². The number of aromatic nitrogens is 4. The van der Waals surface area contributed by atoms with Crippen LogP contribution in [0, 0.1) is 0 Å². The van der Waals surface area contributed by atoms with Crippen LogP contribution in [-0.2, 0) is 0 Å². The van der Waals surface area contributed by atoms with Gasteiger partial charge < -0.3 is 4.74 Å². The minimum Gasteiger partial charge on any atom is -0.438 e. The summed E-state index contributed by atoms with van der Waals surface area (Å²) in [6, 6.07) is 31.0. The number of hydrogen-bond donors (Lipinski definition) is 0. The summed E-state index contributed by atoms with van der Waals surface area (Å²) in [5.74, 6) is 1.97. The average molecular weight is 505 g/mol. The molecule has 0 saturated carbocycles. The van der Waals surface area contributed by atoms with Crippen LogP contribution >= 0.6 is 15.9 Å². The van der Waals surface area contributed by atoms with Crippen molar-refractivity contribution in [2.75, 3.05) is 0 Å². The van der Waals surface area contributed by atoms with Crippen LogP contribution in [0.5, 0.6) is 11.6 Å². The maximum atomic E-state index is 6.49. The third-order valence-electron chi connectivity index (χ3n) is 6.34. The van der Waals surface area contributed by atoms with Crippen LogP contribution in [0.1, 0.15) is 22.6 Å². The van der Waals surface area contributed by atoms with Crippen molar-refractivity contribution >= 4 is 32.3 Å². The zero-order chi connectivity index (χ0) is 22.6. The number of hydrogen-bond acceptors (Lipinski definition) is 4. The van der Waals surface area contributed by atoms with Gasteiger partial charge in [-0.2, -0.15) is 0 Å². The molecule has 0 unspecified atom stereocenters. The predicted molar refractivity (Wildman–Crippen MR) is 135 cm³/mol. The first-order valence-corrected chi connectivity index (χ1v) is 11.8. The van der Waals surface area contributed by atoms with Gasteiger partial charge in [0, 0.05) is 26.9 Å². The topological polar surface area (TPSA) is 52.3 Å². The van der Waals surface area contributed by atoms with E-state index in [4.69, 9.17) is 14.8 Å². The molecule has 0 aliphatic carbocycles. The second-order valence-corrected chi connectivity index (χ2v) is 9.15. The largest absolute Gasteiger partial charge is 0.438 e. The Morgan fingerprint density at radius 2 is 1.62 bits per heavy atom. The van der Waals surface area contributed by atoms with E-state index >= 15 is 0 Å². The normalized spacial score (nSPS) is 14.6. The molecule has 0 N–H and O–H groups in total. The van der Waals surface area contributed by atoms with Crippen LogP contribution in [0.3, 0.4) is 0 Å². The molecule has 1 atom stereocenters. The summed E-state index contributed by atoms with van der Waals surface area (Å²) in [6.07, 6.45) is 1.68. The summed E-state index contributed by atoms with van der Waals surface area (Å²) in [7, 11) is 0. The molecule has 162 valence electrons. The van der Waals surface area contributed by atoms with E-state index in [0.717, 1.165) is 48.9 Å². The lowest BCUT2D eigenvalue weighted by Gasteiger charge is -2.28. The molecule has 7 rings (SSSR count). The molecule has 0 fully saturated rings. The molecule has 6 heteroatoms. The van der Waals surface area contributed by atoms with Gasteiger partial charge in [-0.15, -0.1) is 5.10 Å². The van der Waals surface area contributed by atoms with Crippen molar-refractivity contribution in [1.29, 1.82) is 0 Å². The summed E-state index contributed by atoms with van der Waals surface area (Å²) in [6.45, 7) is 0. The third kappa shape index (κ3) is 2.89. The van der Waals surface area contributed by atoms with E-state index in [1.54, 1.807) is 10.8 Å². The maximum absolute atomic E-state index is 6.49. The summed E-state index contributed by atoms with van der Waals surface area (Å²) in [4.78, 5) is 9.65. The molecule has 4 aromatic carbocycles. The standard InChI is InChI=1S/C28H17BrN4O/c29-22-13-7-6-12-20(22)26-31-27-24-23(18-9-2-1-3-10-18)21-15-14-17-8-4-5-11-19(17)25(21)34-28(24)30-16-33(27)32-26/h1-16,23H/t23-/m0/s1. The van der Waals surface area contributed by atoms with E-state index in [0.29, 0.717) is 11.7 Å². The molecule has 6 aromatic rings. The van der Waals surface area contributed by atoms with Gasteiger partial charge in [0.05, 0.1) is 5.56 Å². The summed E-state index contributed by atoms with van der Waals surface area (Å²) in [5.41, 5.74) is 4.84. The van der Waals surface area contributed by atoms with Crippen LogP contribution in [0.2, 0.25) is 0 Å². The van der Waals surface area contributed by atoms with E-state index in [-0.39, 0.29) is 5.92 Å². The lowest BCUT2D eigenvalue weighted by atomic mass is 9.83. The highest BCUT2D eigenvalue weighted by molar-refractivity contribution is 9.10. The van der Waals surface area contributed by atoms with Gasteiger partial charge in [0.15, 0.2) is 11.5 Å². The first kappa shape index (κ1) is 19.4. The molecular weight excluding hydrogens is 488 g/mol. The van der Waals surface area contributed by atoms with Crippen molar-refractivity contribution in [2.45, 2.75) is 5.92 Å². The Kier molecular flexibility index (Phi) is 4.29. The summed E-state index contributed by atoms with van der Waals surface area (Å²) < 4.78 is 9.18. The molecule has 1 aliphatic heterocycles. The van der Waals surface area contributed by atoms with Gasteiger partial charge in [-0.25, -0.2) is 14.5 Å². The molecule has 0 saturated heterocycles. The zero-order valence-corrected chi connectivity index (χ0v) is 19.5. The lowest BCUT2D eigenvalue weighted by molar-refractivity contribution is 0.437. The number of fused-ring (bicyclic) bond motifs is 6. The highest BCUT2D eigenvalue weighted by Crippen LogP contribution is 2.50. The smallest absolute Gasteiger partial charge is 0.228 e. The van der Waals surface area contributed by atoms with Gasteiger partial charge in [-0.3, -0.25) is 0 Å². The van der Waals surface area contributed by atoms with Crippen molar-refractivity contribution in [3.05, 3.63) is 118 Å². The van der Waals surface area contributed by atoms with E-state index in [1.807, 2.05) is 42.5 Å². The predicted octanol–water partition coefficient (Wildman–Crippen LogP) is 6.99. The van der Waals surface area contributed by atoms with E-state index < -0.39 is 0 Å². The highest BCUT2D eigenvalue weighted by atomic mass is 79.9. The molecule has 0 bridgehead atoms. The van der Waals surface area contributed by atoms with Crippen molar-refractivity contribution in [3.8, 4) is 23.0 Å². The fourth-order valence-corrected chi connectivity index (χ4v) is 5.26. The van der Waals surface area contributed by atoms with Gasteiger partial charge in [0.25, 0.3) is 0 Å². The van der Waals surface area contributed by atoms with Gasteiger partial charge in [-0.1, -0.05) is 94.8 Å². The van der Waals surface area contributed by atoms with Gasteiger partial charge in [0.1, 0.15) is 12.1 Å². The molecule has 0 amide bonds. The monoisotopic (exact) mass is 504 g/mol. The van der Waals surface area contributed by atoms with Gasteiger partial charge >= 0.3 is 0 Å². The summed E-state index contributed by atoms with van der Waals surface area (Å²) >= 11 is 3.63. The van der Waals surface area contributed by atoms with E-state index in [1.165, 1.54) is 0 Å². The van der Waals surface area contributed by atoms with Crippen LogP contribution < -0.4 is 4.74 Å². The molecular formula is C28H17BrN4O. The Morgan fingerprint density at radius 1 is 0.824 bits per heavy atom. The van der Waals surface area contributed by atoms with Crippen molar-refractivity contribution in [2.24, 2.45) is 0 Å². The average Bonchev–Trinajstić information content (AvgIpc) is 3.32. The Bertz CT molecular complexity index is 1710. The highest BCUT2D eigenvalue weighted by Gasteiger charge is 2.34. The van der Waals surface area contributed by atoms with Gasteiger partial charge in [-0.05, 0) is 23.1 Å². The fourth-order valence-electron chi connectivity index (χ4n) is 4.80. The van der Waals surface area contributed by atoms with Crippen LogP contribution in [0.4, 0.5) is 0 Å². The van der Waals surface area contributed by atoms with Crippen molar-refractivity contribution in [1.82, 2.24) is 19.6 Å². The second kappa shape index (κ2) is 7.50. The lowest BCUT2D eigenvalue weighted by Crippen LogP contribution is -2.15. The number of halogens is 1. The molecule has 2 aromatic heterocycles. The van der Waals surface area contributed by atoms with Gasteiger partial charge in [0.2, 0.25) is 5.88 Å². The molecule has 0 radical (unpaired) electrons. The Morgan fingerprint density at radius 3 is 2.50 bits per heavy atom. The number of rotatable bonds is 2. The Labute approximate surface area is 203 Å². The Hall–Kier alpha value is -4.03. The fraction of sp³-hybridized carbons (Fsp3) is 0.0357. The number of nitrogens with zero attached hydrogens (tertiary/aromatic N) is 4. The Balaban J connectivity index is 1.53. The molecule has 34 heavy (non-hydrogen) atoms. The van der Waals surface area contributed by atoms with Crippen LogP contribution in [0.25, 0.3) is 27.8 Å². The molecule has 1 aliphatic rings. The molecule has 3 heterocycles. The first-order chi connectivity index (χ1) is 16.8. The summed E-state index contributed by atoms with van der Waals surface area (Å²) in [5, 5.41) is 6.95. The van der Waals surface area contributed by atoms with E-state index in [9.17, 15) is 0 Å². The maximum Gasteiger partial charge on any atom is 0.228 e. The molecule has 0 spiro atoms. The molecule has 5 nitrogen and oxygen atoms in total. The quantitative estimate of drug-likeness (QED) is 0.254. The minimum absolute atomic E-state index is 0.0861. The van der Waals surface area contributed by atoms with Crippen molar-refractivity contribution in [3.63, 3.8) is 0 Å². The van der Waals surface area contributed by atoms with Crippen LogP contribution in [0.15, 0.2) is 102 Å². The van der Waals surface area contributed by atoms with Crippen molar-refractivity contribution < 1.29 is 4.74 Å². The second-order valence-electron chi connectivity index (χ2n) is 8.30. The van der Waals surface area contributed by atoms with Crippen LogP contribution in [-0.4, -0.2) is 19.6 Å². The minimum atomic E-state index is -0.0861. The third-order valence-corrected chi connectivity index (χ3v) is 7.03. The first-order valence-electron chi connectivity index (χ1n) is 11.0. The number of benzene rings is 4. The zero-order valence-electron chi connectivity index (χ0n) is 17.9. The number of ether oxygens (including phenoxy) is 1. The SMILES string of the molecule is Brc1ccccc1-c1nc2c3c(ncn2n1)Oc1c(ccc2ccccc12)[C@@H]3c1ccccc1.